The van der Waals surface area contributed by atoms with E-state index in [0.717, 1.165) is 32.5 Å². The van der Waals surface area contributed by atoms with E-state index in [9.17, 15) is 0 Å². The van der Waals surface area contributed by atoms with Gasteiger partial charge in [0, 0.05) is 25.2 Å². The summed E-state index contributed by atoms with van der Waals surface area (Å²) >= 11 is 0. The molecule has 0 fully saturated rings. The number of benzene rings is 2. The number of likely N-dealkylation sites (N-methyl/N-ethyl adjacent to an activating group) is 1. The second-order valence-electron chi connectivity index (χ2n) is 7.53. The molecular formula is C24H37N3. The van der Waals surface area contributed by atoms with Crippen LogP contribution in [0.2, 0.25) is 0 Å². The van der Waals surface area contributed by atoms with Crippen molar-refractivity contribution in [2.45, 2.75) is 45.2 Å². The Balaban J connectivity index is 1.91. The van der Waals surface area contributed by atoms with Gasteiger partial charge >= 0.3 is 0 Å². The minimum Gasteiger partial charge on any atom is -0.318 e. The van der Waals surface area contributed by atoms with E-state index in [-0.39, 0.29) is 0 Å². The second-order valence-corrected chi connectivity index (χ2v) is 7.53. The van der Waals surface area contributed by atoms with E-state index in [1.165, 1.54) is 17.5 Å². The smallest absolute Gasteiger partial charge is 0.0233 e. The van der Waals surface area contributed by atoms with Crippen LogP contribution in [0.25, 0.3) is 0 Å². The summed E-state index contributed by atoms with van der Waals surface area (Å²) in [6, 6.07) is 22.5. The van der Waals surface area contributed by atoms with E-state index in [4.69, 9.17) is 0 Å². The largest absolute Gasteiger partial charge is 0.318 e. The fourth-order valence-electron chi connectivity index (χ4n) is 3.45. The third-order valence-corrected chi connectivity index (χ3v) is 5.40. The fourth-order valence-corrected chi connectivity index (χ4v) is 3.45. The predicted molar refractivity (Wildman–Crippen MR) is 117 cm³/mol. The molecule has 0 saturated heterocycles. The predicted octanol–water partition coefficient (Wildman–Crippen LogP) is 3.65. The molecule has 3 nitrogen and oxygen atoms in total. The molecule has 3 N–H and O–H groups in total. The molecule has 0 amide bonds. The monoisotopic (exact) mass is 367 g/mol. The van der Waals surface area contributed by atoms with E-state index in [2.05, 4.69) is 90.5 Å². The number of rotatable bonds is 13. The van der Waals surface area contributed by atoms with Crippen LogP contribution in [-0.2, 0) is 12.8 Å². The normalized spacial score (nSPS) is 14.6. The zero-order valence-electron chi connectivity index (χ0n) is 17.2. The van der Waals surface area contributed by atoms with Gasteiger partial charge in [-0.15, -0.1) is 0 Å². The first-order chi connectivity index (χ1) is 13.2. The molecule has 2 unspecified atom stereocenters. The van der Waals surface area contributed by atoms with Crippen LogP contribution >= 0.6 is 0 Å². The lowest BCUT2D eigenvalue weighted by Gasteiger charge is -2.28. The van der Waals surface area contributed by atoms with Crippen molar-refractivity contribution in [1.29, 1.82) is 0 Å². The Morgan fingerprint density at radius 1 is 0.815 bits per heavy atom. The highest BCUT2D eigenvalue weighted by Crippen LogP contribution is 2.08. The molecule has 27 heavy (non-hydrogen) atoms. The Bertz CT molecular complexity index is 600. The van der Waals surface area contributed by atoms with Crippen molar-refractivity contribution in [2.24, 2.45) is 5.92 Å². The van der Waals surface area contributed by atoms with E-state index in [1.54, 1.807) is 0 Å². The van der Waals surface area contributed by atoms with Crippen molar-refractivity contribution in [1.82, 2.24) is 16.0 Å². The quantitative estimate of drug-likeness (QED) is 0.506. The zero-order valence-corrected chi connectivity index (χ0v) is 17.2. The average molecular weight is 368 g/mol. The van der Waals surface area contributed by atoms with E-state index in [0.29, 0.717) is 18.0 Å². The van der Waals surface area contributed by atoms with Crippen LogP contribution in [0.1, 0.15) is 31.4 Å². The highest BCUT2D eigenvalue weighted by atomic mass is 15.0. The third-order valence-electron chi connectivity index (χ3n) is 5.40. The van der Waals surface area contributed by atoms with E-state index < -0.39 is 0 Å². The Morgan fingerprint density at radius 3 is 2.04 bits per heavy atom. The molecule has 0 spiro atoms. The van der Waals surface area contributed by atoms with Crippen molar-refractivity contribution in [2.75, 3.05) is 26.7 Å². The summed E-state index contributed by atoms with van der Waals surface area (Å²) in [7, 11) is 2.04. The van der Waals surface area contributed by atoms with Crippen molar-refractivity contribution in [3.8, 4) is 0 Å². The molecule has 0 radical (unpaired) electrons. The Hall–Kier alpha value is -1.68. The first-order valence-corrected chi connectivity index (χ1v) is 10.4. The van der Waals surface area contributed by atoms with Crippen LogP contribution in [0.15, 0.2) is 60.7 Å². The van der Waals surface area contributed by atoms with Crippen LogP contribution in [0.5, 0.6) is 0 Å². The van der Waals surface area contributed by atoms with Crippen molar-refractivity contribution in [3.05, 3.63) is 71.8 Å². The van der Waals surface area contributed by atoms with Gasteiger partial charge in [0.05, 0.1) is 0 Å². The van der Waals surface area contributed by atoms with Gasteiger partial charge in [-0.3, -0.25) is 0 Å². The van der Waals surface area contributed by atoms with Gasteiger partial charge in [-0.25, -0.2) is 0 Å². The molecule has 2 aromatic carbocycles. The standard InChI is InChI=1S/C24H37N3/c1-4-20(2)24(19-25-3)27-18-23(17-22-13-9-6-10-14-22)26-16-15-21-11-7-5-8-12-21/h5-14,20,23-27H,4,15-19H2,1-3H3/t20?,23-,24?/m0/s1. The molecule has 0 bridgehead atoms. The zero-order chi connectivity index (χ0) is 19.3. The van der Waals surface area contributed by atoms with Crippen LogP contribution < -0.4 is 16.0 Å². The summed E-state index contributed by atoms with van der Waals surface area (Å²) < 4.78 is 0. The van der Waals surface area contributed by atoms with Crippen LogP contribution in [0.3, 0.4) is 0 Å². The average Bonchev–Trinajstić information content (AvgIpc) is 2.71. The van der Waals surface area contributed by atoms with Crippen LogP contribution in [0.4, 0.5) is 0 Å². The summed E-state index contributed by atoms with van der Waals surface area (Å²) in [6.45, 7) is 7.61. The maximum Gasteiger partial charge on any atom is 0.0233 e. The van der Waals surface area contributed by atoms with Crippen molar-refractivity contribution < 1.29 is 0 Å². The maximum absolute atomic E-state index is 3.82. The molecule has 0 heterocycles. The minimum absolute atomic E-state index is 0.430. The van der Waals surface area contributed by atoms with Gasteiger partial charge in [-0.2, -0.15) is 0 Å². The Kier molecular flexibility index (Phi) is 10.1. The molecule has 148 valence electrons. The first-order valence-electron chi connectivity index (χ1n) is 10.4. The molecule has 0 aliphatic rings. The minimum atomic E-state index is 0.430. The van der Waals surface area contributed by atoms with E-state index in [1.807, 2.05) is 7.05 Å². The lowest BCUT2D eigenvalue weighted by molar-refractivity contribution is 0.336. The molecule has 0 aliphatic carbocycles. The van der Waals surface area contributed by atoms with Crippen LogP contribution in [0, 0.1) is 5.92 Å². The number of hydrogen-bond acceptors (Lipinski definition) is 3. The molecule has 2 rings (SSSR count). The fraction of sp³-hybridized carbons (Fsp3) is 0.500. The Morgan fingerprint density at radius 2 is 1.44 bits per heavy atom. The maximum atomic E-state index is 3.82. The van der Waals surface area contributed by atoms with Gasteiger partial charge in [0.15, 0.2) is 0 Å². The van der Waals surface area contributed by atoms with Gasteiger partial charge in [-0.1, -0.05) is 80.9 Å². The molecule has 0 saturated carbocycles. The second kappa shape index (κ2) is 12.7. The lowest BCUT2D eigenvalue weighted by atomic mass is 9.98. The molecular weight excluding hydrogens is 330 g/mol. The first kappa shape index (κ1) is 21.6. The third kappa shape index (κ3) is 8.25. The summed E-state index contributed by atoms with van der Waals surface area (Å²) in [6.07, 6.45) is 3.32. The highest BCUT2D eigenvalue weighted by Gasteiger charge is 2.17. The topological polar surface area (TPSA) is 36.1 Å². The van der Waals surface area contributed by atoms with Gasteiger partial charge in [-0.05, 0) is 43.5 Å². The Labute approximate surface area is 166 Å². The molecule has 0 aliphatic heterocycles. The van der Waals surface area contributed by atoms with Gasteiger partial charge in [0.1, 0.15) is 0 Å². The van der Waals surface area contributed by atoms with E-state index >= 15 is 0 Å². The lowest BCUT2D eigenvalue weighted by Crippen LogP contribution is -2.49. The molecule has 2 aromatic rings. The van der Waals surface area contributed by atoms with Gasteiger partial charge < -0.3 is 16.0 Å². The molecule has 0 aromatic heterocycles. The summed E-state index contributed by atoms with van der Waals surface area (Å²) in [5.41, 5.74) is 2.79. The summed E-state index contributed by atoms with van der Waals surface area (Å²) in [5, 5.41) is 10.9. The SMILES string of the molecule is CCC(C)C(CNC)NC[C@H](Cc1ccccc1)NCCc1ccccc1. The molecule has 3 atom stereocenters. The summed E-state index contributed by atoms with van der Waals surface area (Å²) in [5.74, 6) is 0.666. The van der Waals surface area contributed by atoms with Gasteiger partial charge in [0.2, 0.25) is 0 Å². The number of hydrogen-bond donors (Lipinski definition) is 3. The highest BCUT2D eigenvalue weighted by molar-refractivity contribution is 5.17. The summed E-state index contributed by atoms with van der Waals surface area (Å²) in [4.78, 5) is 0. The van der Waals surface area contributed by atoms with Gasteiger partial charge in [0.25, 0.3) is 0 Å². The number of nitrogens with one attached hydrogen (secondary N) is 3. The van der Waals surface area contributed by atoms with Crippen molar-refractivity contribution >= 4 is 0 Å². The molecule has 3 heteroatoms. The van der Waals surface area contributed by atoms with Crippen LogP contribution in [-0.4, -0.2) is 38.8 Å². The van der Waals surface area contributed by atoms with Crippen molar-refractivity contribution in [3.63, 3.8) is 0 Å².